The highest BCUT2D eigenvalue weighted by molar-refractivity contribution is 7.09. The maximum atomic E-state index is 3.49. The Morgan fingerprint density at radius 1 is 1.35 bits per heavy atom. The Hall–Kier alpha value is -0.340. The minimum absolute atomic E-state index is 0.649. The number of rotatable bonds is 9. The molecule has 1 aromatic heterocycles. The largest absolute Gasteiger partial charge is 0.317 e. The van der Waals surface area contributed by atoms with E-state index >= 15 is 0 Å². The number of thiophene rings is 1. The number of unbranched alkanes of at least 4 members (excludes halogenated alkanes) is 1. The van der Waals surface area contributed by atoms with E-state index in [-0.39, 0.29) is 0 Å². The molecule has 0 aliphatic carbocycles. The summed E-state index contributed by atoms with van der Waals surface area (Å²) in [6, 6.07) is 5.05. The molecule has 1 nitrogen and oxygen atoms in total. The van der Waals surface area contributed by atoms with Crippen molar-refractivity contribution in [2.45, 2.75) is 58.4 Å². The lowest BCUT2D eigenvalue weighted by Crippen LogP contribution is -2.29. The molecule has 0 fully saturated rings. The summed E-state index contributed by atoms with van der Waals surface area (Å²) < 4.78 is 0. The summed E-state index contributed by atoms with van der Waals surface area (Å²) in [7, 11) is 2.10. The van der Waals surface area contributed by atoms with Gasteiger partial charge in [0.2, 0.25) is 0 Å². The number of hydrogen-bond acceptors (Lipinski definition) is 2. The molecule has 0 aromatic carbocycles. The standard InChI is InChI=1S/C15H27NS/c1-4-6-8-13(5-2)11-14(16-3)12-15-9-7-10-17-15/h7,9-10,13-14,16H,4-6,8,11-12H2,1-3H3. The Morgan fingerprint density at radius 2 is 2.18 bits per heavy atom. The lowest BCUT2D eigenvalue weighted by atomic mass is 9.91. The van der Waals surface area contributed by atoms with Crippen molar-refractivity contribution >= 4 is 11.3 Å². The van der Waals surface area contributed by atoms with E-state index in [1.807, 2.05) is 11.3 Å². The van der Waals surface area contributed by atoms with Crippen LogP contribution in [0.15, 0.2) is 17.5 Å². The van der Waals surface area contributed by atoms with Crippen LogP contribution in [0.1, 0.15) is 50.8 Å². The van der Waals surface area contributed by atoms with Crippen molar-refractivity contribution in [3.63, 3.8) is 0 Å². The molecule has 2 unspecified atom stereocenters. The van der Waals surface area contributed by atoms with Gasteiger partial charge in [-0.25, -0.2) is 0 Å². The first-order valence-corrected chi connectivity index (χ1v) is 7.87. The Morgan fingerprint density at radius 3 is 2.71 bits per heavy atom. The van der Waals surface area contributed by atoms with Crippen LogP contribution < -0.4 is 5.32 Å². The molecule has 0 aliphatic rings. The topological polar surface area (TPSA) is 12.0 Å². The van der Waals surface area contributed by atoms with Gasteiger partial charge in [-0.2, -0.15) is 0 Å². The molecule has 0 aliphatic heterocycles. The average Bonchev–Trinajstić information content (AvgIpc) is 2.85. The van der Waals surface area contributed by atoms with Gasteiger partial charge in [0.05, 0.1) is 0 Å². The van der Waals surface area contributed by atoms with Crippen LogP contribution >= 0.6 is 11.3 Å². The third-order valence-electron chi connectivity index (χ3n) is 3.60. The predicted octanol–water partition coefficient (Wildman–Crippen LogP) is 4.49. The predicted molar refractivity (Wildman–Crippen MR) is 78.8 cm³/mol. The lowest BCUT2D eigenvalue weighted by Gasteiger charge is -2.22. The molecule has 1 N–H and O–H groups in total. The Kier molecular flexibility index (Phi) is 7.54. The van der Waals surface area contributed by atoms with E-state index in [2.05, 4.69) is 43.7 Å². The zero-order valence-electron chi connectivity index (χ0n) is 11.5. The van der Waals surface area contributed by atoms with Crippen molar-refractivity contribution in [2.75, 3.05) is 7.05 Å². The monoisotopic (exact) mass is 253 g/mol. The first-order chi connectivity index (χ1) is 8.30. The highest BCUT2D eigenvalue weighted by atomic mass is 32.1. The maximum absolute atomic E-state index is 3.49. The molecular formula is C15H27NS. The first kappa shape index (κ1) is 14.7. The van der Waals surface area contributed by atoms with E-state index in [0.29, 0.717) is 6.04 Å². The maximum Gasteiger partial charge on any atom is 0.0115 e. The fourth-order valence-electron chi connectivity index (χ4n) is 2.36. The highest BCUT2D eigenvalue weighted by Crippen LogP contribution is 2.21. The first-order valence-electron chi connectivity index (χ1n) is 6.99. The van der Waals surface area contributed by atoms with Gasteiger partial charge in [-0.1, -0.05) is 45.6 Å². The van der Waals surface area contributed by atoms with Crippen LogP contribution in [-0.4, -0.2) is 13.1 Å². The average molecular weight is 253 g/mol. The molecule has 17 heavy (non-hydrogen) atoms. The highest BCUT2D eigenvalue weighted by Gasteiger charge is 2.14. The molecule has 0 saturated heterocycles. The van der Waals surface area contributed by atoms with Gasteiger partial charge in [-0.15, -0.1) is 11.3 Å². The SMILES string of the molecule is CCCCC(CC)CC(Cc1cccs1)NC. The van der Waals surface area contributed by atoms with Crippen molar-refractivity contribution in [1.29, 1.82) is 0 Å². The summed E-state index contributed by atoms with van der Waals surface area (Å²) in [5.41, 5.74) is 0. The van der Waals surface area contributed by atoms with Crippen LogP contribution in [0, 0.1) is 5.92 Å². The van der Waals surface area contributed by atoms with E-state index in [4.69, 9.17) is 0 Å². The summed E-state index contributed by atoms with van der Waals surface area (Å²) in [5, 5.41) is 5.67. The third kappa shape index (κ3) is 5.69. The second-order valence-corrected chi connectivity index (χ2v) is 5.95. The van der Waals surface area contributed by atoms with Crippen LogP contribution in [0.25, 0.3) is 0 Å². The smallest absolute Gasteiger partial charge is 0.0115 e. The number of nitrogens with one attached hydrogen (secondary N) is 1. The molecule has 0 spiro atoms. The molecule has 2 atom stereocenters. The third-order valence-corrected chi connectivity index (χ3v) is 4.50. The second-order valence-electron chi connectivity index (χ2n) is 4.92. The van der Waals surface area contributed by atoms with Gasteiger partial charge in [0.1, 0.15) is 0 Å². The van der Waals surface area contributed by atoms with Crippen molar-refractivity contribution in [3.8, 4) is 0 Å². The minimum atomic E-state index is 0.649. The van der Waals surface area contributed by atoms with Crippen LogP contribution in [0.4, 0.5) is 0 Å². The van der Waals surface area contributed by atoms with Gasteiger partial charge in [-0.3, -0.25) is 0 Å². The van der Waals surface area contributed by atoms with Gasteiger partial charge in [0.15, 0.2) is 0 Å². The summed E-state index contributed by atoms with van der Waals surface area (Å²) in [6.45, 7) is 4.62. The van der Waals surface area contributed by atoms with Crippen LogP contribution in [0.5, 0.6) is 0 Å². The summed E-state index contributed by atoms with van der Waals surface area (Å²) in [5.74, 6) is 0.896. The van der Waals surface area contributed by atoms with E-state index < -0.39 is 0 Å². The molecule has 0 bridgehead atoms. The van der Waals surface area contributed by atoms with Gasteiger partial charge >= 0.3 is 0 Å². The van der Waals surface area contributed by atoms with Gasteiger partial charge in [0, 0.05) is 10.9 Å². The molecule has 1 rings (SSSR count). The summed E-state index contributed by atoms with van der Waals surface area (Å²) in [6.07, 6.45) is 7.94. The van der Waals surface area contributed by atoms with E-state index in [1.54, 1.807) is 0 Å². The fraction of sp³-hybridized carbons (Fsp3) is 0.733. The van der Waals surface area contributed by atoms with Gasteiger partial charge < -0.3 is 5.32 Å². The molecule has 0 radical (unpaired) electrons. The van der Waals surface area contributed by atoms with Crippen molar-refractivity contribution in [3.05, 3.63) is 22.4 Å². The molecule has 98 valence electrons. The van der Waals surface area contributed by atoms with Crippen molar-refractivity contribution in [2.24, 2.45) is 5.92 Å². The van der Waals surface area contributed by atoms with Crippen LogP contribution in [0.3, 0.4) is 0 Å². The van der Waals surface area contributed by atoms with Gasteiger partial charge in [0.25, 0.3) is 0 Å². The Balaban J connectivity index is 2.38. The molecule has 2 heteroatoms. The van der Waals surface area contributed by atoms with E-state index in [9.17, 15) is 0 Å². The second kappa shape index (κ2) is 8.71. The zero-order valence-corrected chi connectivity index (χ0v) is 12.4. The Bertz CT molecular complexity index is 268. The normalized spacial score (nSPS) is 14.8. The minimum Gasteiger partial charge on any atom is -0.317 e. The quantitative estimate of drug-likeness (QED) is 0.684. The molecule has 0 saturated carbocycles. The molecule has 1 heterocycles. The zero-order chi connectivity index (χ0) is 12.5. The number of likely N-dealkylation sites (N-methyl/N-ethyl adjacent to an activating group) is 1. The molecular weight excluding hydrogens is 226 g/mol. The summed E-state index contributed by atoms with van der Waals surface area (Å²) >= 11 is 1.88. The fourth-order valence-corrected chi connectivity index (χ4v) is 3.15. The van der Waals surface area contributed by atoms with Crippen molar-refractivity contribution < 1.29 is 0 Å². The van der Waals surface area contributed by atoms with Gasteiger partial charge in [-0.05, 0) is 37.3 Å². The lowest BCUT2D eigenvalue weighted by molar-refractivity contribution is 0.359. The Labute approximate surface area is 111 Å². The van der Waals surface area contributed by atoms with Crippen LogP contribution in [0.2, 0.25) is 0 Å². The van der Waals surface area contributed by atoms with Crippen LogP contribution in [-0.2, 0) is 6.42 Å². The molecule has 1 aromatic rings. The van der Waals surface area contributed by atoms with E-state index in [1.165, 1.54) is 43.4 Å². The van der Waals surface area contributed by atoms with E-state index in [0.717, 1.165) is 5.92 Å². The molecule has 0 amide bonds. The summed E-state index contributed by atoms with van der Waals surface area (Å²) in [4.78, 5) is 1.51. The van der Waals surface area contributed by atoms with Crippen molar-refractivity contribution in [1.82, 2.24) is 5.32 Å². The number of hydrogen-bond donors (Lipinski definition) is 1.